The van der Waals surface area contributed by atoms with E-state index < -0.39 is 0 Å². The summed E-state index contributed by atoms with van der Waals surface area (Å²) in [4.78, 5) is 26.8. The Morgan fingerprint density at radius 2 is 1.64 bits per heavy atom. The first-order valence-electron chi connectivity index (χ1n) is 9.43. The van der Waals surface area contributed by atoms with Crippen molar-refractivity contribution in [3.05, 3.63) is 35.9 Å². The predicted octanol–water partition coefficient (Wildman–Crippen LogP) is 2.21. The van der Waals surface area contributed by atoms with Crippen molar-refractivity contribution >= 4 is 11.8 Å². The third-order valence-corrected chi connectivity index (χ3v) is 5.63. The highest BCUT2D eigenvalue weighted by Gasteiger charge is 2.30. The van der Waals surface area contributed by atoms with Crippen LogP contribution in [0.25, 0.3) is 0 Å². The summed E-state index contributed by atoms with van der Waals surface area (Å²) in [6.07, 6.45) is 5.37. The van der Waals surface area contributed by atoms with Gasteiger partial charge < -0.3 is 15.3 Å². The molecule has 0 radical (unpaired) electrons. The molecule has 0 atom stereocenters. The van der Waals surface area contributed by atoms with Crippen LogP contribution in [0.4, 0.5) is 0 Å². The van der Waals surface area contributed by atoms with E-state index in [4.69, 9.17) is 0 Å². The molecule has 0 bridgehead atoms. The number of hydrogen-bond donors (Lipinski definition) is 2. The highest BCUT2D eigenvalue weighted by atomic mass is 16.3. The van der Waals surface area contributed by atoms with Gasteiger partial charge in [-0.3, -0.25) is 9.59 Å². The molecule has 0 unspecified atom stereocenters. The number of amides is 2. The summed E-state index contributed by atoms with van der Waals surface area (Å²) in [7, 11) is 0. The van der Waals surface area contributed by atoms with Gasteiger partial charge in [-0.2, -0.15) is 0 Å². The minimum Gasteiger partial charge on any atom is -0.396 e. The zero-order valence-electron chi connectivity index (χ0n) is 14.7. The molecule has 2 amide bonds. The van der Waals surface area contributed by atoms with Crippen LogP contribution >= 0.6 is 0 Å². The molecule has 1 heterocycles. The summed E-state index contributed by atoms with van der Waals surface area (Å²) < 4.78 is 0. The first kappa shape index (κ1) is 17.9. The van der Waals surface area contributed by atoms with Crippen LogP contribution in [0.5, 0.6) is 0 Å². The van der Waals surface area contributed by atoms with Crippen LogP contribution < -0.4 is 5.32 Å². The Balaban J connectivity index is 1.44. The Labute approximate surface area is 149 Å². The van der Waals surface area contributed by atoms with Crippen molar-refractivity contribution in [2.24, 2.45) is 11.8 Å². The standard InChI is InChI=1S/C20H28N2O3/c23-14-15-6-8-18(9-7-15)21-19(24)16-10-12-22(13-11-16)20(25)17-4-2-1-3-5-17/h1-5,15-16,18,23H,6-14H2,(H,21,24). The molecule has 25 heavy (non-hydrogen) atoms. The van der Waals surface area contributed by atoms with Gasteiger partial charge in [0.15, 0.2) is 0 Å². The summed E-state index contributed by atoms with van der Waals surface area (Å²) in [6.45, 7) is 1.54. The molecule has 2 aliphatic rings. The van der Waals surface area contributed by atoms with Gasteiger partial charge in [-0.25, -0.2) is 0 Å². The number of likely N-dealkylation sites (tertiary alicyclic amines) is 1. The van der Waals surface area contributed by atoms with Gasteiger partial charge in [0.1, 0.15) is 0 Å². The molecule has 2 fully saturated rings. The Kier molecular flexibility index (Phi) is 6.08. The highest BCUT2D eigenvalue weighted by molar-refractivity contribution is 5.94. The topological polar surface area (TPSA) is 69.6 Å². The summed E-state index contributed by atoms with van der Waals surface area (Å²) in [5, 5.41) is 12.4. The van der Waals surface area contributed by atoms with Crippen LogP contribution in [0.2, 0.25) is 0 Å². The summed E-state index contributed by atoms with van der Waals surface area (Å²) >= 11 is 0. The Hall–Kier alpha value is -1.88. The fourth-order valence-corrected chi connectivity index (χ4v) is 3.92. The van der Waals surface area contributed by atoms with Crippen molar-refractivity contribution in [2.45, 2.75) is 44.6 Å². The van der Waals surface area contributed by atoms with Crippen molar-refractivity contribution in [2.75, 3.05) is 19.7 Å². The maximum atomic E-state index is 12.5. The van der Waals surface area contributed by atoms with Gasteiger partial charge in [0.05, 0.1) is 0 Å². The molecular weight excluding hydrogens is 316 g/mol. The number of aliphatic hydroxyl groups is 1. The minimum atomic E-state index is 0.00962. The maximum Gasteiger partial charge on any atom is 0.253 e. The molecule has 2 N–H and O–H groups in total. The lowest BCUT2D eigenvalue weighted by molar-refractivity contribution is -0.127. The Bertz CT molecular complexity index is 574. The minimum absolute atomic E-state index is 0.00962. The van der Waals surface area contributed by atoms with Crippen molar-refractivity contribution in [1.82, 2.24) is 10.2 Å². The van der Waals surface area contributed by atoms with Gasteiger partial charge in [0.2, 0.25) is 5.91 Å². The molecule has 5 heteroatoms. The first-order valence-corrected chi connectivity index (χ1v) is 9.43. The van der Waals surface area contributed by atoms with E-state index in [1.807, 2.05) is 35.2 Å². The molecule has 136 valence electrons. The third kappa shape index (κ3) is 4.60. The number of rotatable bonds is 4. The van der Waals surface area contributed by atoms with Crippen LogP contribution in [0.3, 0.4) is 0 Å². The average molecular weight is 344 g/mol. The van der Waals surface area contributed by atoms with E-state index in [0.717, 1.165) is 38.5 Å². The number of carbonyl (C=O) groups is 2. The number of nitrogens with zero attached hydrogens (tertiary/aromatic N) is 1. The van der Waals surface area contributed by atoms with Gasteiger partial charge in [0.25, 0.3) is 5.91 Å². The molecule has 1 saturated carbocycles. The maximum absolute atomic E-state index is 12.5. The van der Waals surface area contributed by atoms with E-state index in [1.54, 1.807) is 0 Å². The number of piperidine rings is 1. The SMILES string of the molecule is O=C(NC1CCC(CO)CC1)C1CCN(C(=O)c2ccccc2)CC1. The van der Waals surface area contributed by atoms with Crippen molar-refractivity contribution in [3.63, 3.8) is 0 Å². The smallest absolute Gasteiger partial charge is 0.253 e. The van der Waals surface area contributed by atoms with Crippen LogP contribution in [-0.2, 0) is 4.79 Å². The normalized spacial score (nSPS) is 24.8. The first-order chi connectivity index (χ1) is 12.2. The van der Waals surface area contributed by atoms with Crippen molar-refractivity contribution < 1.29 is 14.7 Å². The molecule has 1 aliphatic heterocycles. The third-order valence-electron chi connectivity index (χ3n) is 5.63. The van der Waals surface area contributed by atoms with E-state index in [0.29, 0.717) is 24.6 Å². The quantitative estimate of drug-likeness (QED) is 0.880. The predicted molar refractivity (Wildman–Crippen MR) is 96.0 cm³/mol. The molecule has 1 aromatic carbocycles. The van der Waals surface area contributed by atoms with Gasteiger partial charge in [-0.1, -0.05) is 18.2 Å². The van der Waals surface area contributed by atoms with Crippen LogP contribution in [0.15, 0.2) is 30.3 Å². The van der Waals surface area contributed by atoms with Crippen LogP contribution in [0.1, 0.15) is 48.9 Å². The van der Waals surface area contributed by atoms with Gasteiger partial charge in [0, 0.05) is 37.2 Å². The van der Waals surface area contributed by atoms with Gasteiger partial charge >= 0.3 is 0 Å². The second-order valence-corrected chi connectivity index (χ2v) is 7.34. The summed E-state index contributed by atoms with van der Waals surface area (Å²) in [5.74, 6) is 0.608. The Morgan fingerprint density at radius 1 is 1.00 bits per heavy atom. The summed E-state index contributed by atoms with van der Waals surface area (Å²) in [5.41, 5.74) is 0.714. The number of nitrogens with one attached hydrogen (secondary N) is 1. The van der Waals surface area contributed by atoms with E-state index >= 15 is 0 Å². The highest BCUT2D eigenvalue weighted by Crippen LogP contribution is 2.25. The molecule has 5 nitrogen and oxygen atoms in total. The number of benzene rings is 1. The number of hydrogen-bond acceptors (Lipinski definition) is 3. The zero-order chi connectivity index (χ0) is 17.6. The molecule has 1 aliphatic carbocycles. The molecular formula is C20H28N2O3. The lowest BCUT2D eigenvalue weighted by Crippen LogP contribution is -2.46. The number of carbonyl (C=O) groups excluding carboxylic acids is 2. The monoisotopic (exact) mass is 344 g/mol. The van der Waals surface area contributed by atoms with Gasteiger partial charge in [-0.05, 0) is 56.6 Å². The zero-order valence-corrected chi connectivity index (χ0v) is 14.7. The van der Waals surface area contributed by atoms with Crippen molar-refractivity contribution in [1.29, 1.82) is 0 Å². The number of aliphatic hydroxyl groups excluding tert-OH is 1. The average Bonchev–Trinajstić information content (AvgIpc) is 2.69. The fourth-order valence-electron chi connectivity index (χ4n) is 3.92. The molecule has 0 spiro atoms. The molecule has 3 rings (SSSR count). The van der Waals surface area contributed by atoms with E-state index in [1.165, 1.54) is 0 Å². The van der Waals surface area contributed by atoms with E-state index in [9.17, 15) is 14.7 Å². The molecule has 1 aromatic rings. The van der Waals surface area contributed by atoms with E-state index in [-0.39, 0.29) is 30.4 Å². The van der Waals surface area contributed by atoms with Crippen molar-refractivity contribution in [3.8, 4) is 0 Å². The van der Waals surface area contributed by atoms with Gasteiger partial charge in [-0.15, -0.1) is 0 Å². The largest absolute Gasteiger partial charge is 0.396 e. The second-order valence-electron chi connectivity index (χ2n) is 7.34. The fraction of sp³-hybridized carbons (Fsp3) is 0.600. The van der Waals surface area contributed by atoms with Crippen LogP contribution in [-0.4, -0.2) is 47.6 Å². The molecule has 1 saturated heterocycles. The lowest BCUT2D eigenvalue weighted by Gasteiger charge is -2.33. The lowest BCUT2D eigenvalue weighted by atomic mass is 9.86. The van der Waals surface area contributed by atoms with Crippen LogP contribution in [0, 0.1) is 11.8 Å². The second kappa shape index (κ2) is 8.48. The molecule has 0 aromatic heterocycles. The summed E-state index contributed by atoms with van der Waals surface area (Å²) in [6, 6.07) is 9.58. The Morgan fingerprint density at radius 3 is 2.24 bits per heavy atom. The van der Waals surface area contributed by atoms with E-state index in [2.05, 4.69) is 5.32 Å².